The van der Waals surface area contributed by atoms with Gasteiger partial charge in [-0.05, 0) is 37.3 Å². The van der Waals surface area contributed by atoms with E-state index in [0.717, 1.165) is 12.1 Å². The molecule has 0 saturated heterocycles. The fourth-order valence-corrected chi connectivity index (χ4v) is 2.45. The minimum Gasteiger partial charge on any atom is -0.322 e. The van der Waals surface area contributed by atoms with Crippen molar-refractivity contribution in [1.29, 1.82) is 0 Å². The van der Waals surface area contributed by atoms with Crippen LogP contribution in [0, 0.1) is 12.7 Å². The summed E-state index contributed by atoms with van der Waals surface area (Å²) < 4.78 is 53.0. The third-order valence-corrected chi connectivity index (χ3v) is 3.69. The third-order valence-electron chi connectivity index (χ3n) is 3.69. The molecule has 0 unspecified atom stereocenters. The predicted molar refractivity (Wildman–Crippen MR) is 95.8 cm³/mol. The van der Waals surface area contributed by atoms with Crippen LogP contribution in [0.4, 0.5) is 34.9 Å². The quantitative estimate of drug-likeness (QED) is 0.620. The summed E-state index contributed by atoms with van der Waals surface area (Å²) in [5.74, 6) is -1.45. The molecule has 0 aliphatic carbocycles. The number of hydrogen-bond acceptors (Lipinski definition) is 4. The Balaban J connectivity index is 1.87. The summed E-state index contributed by atoms with van der Waals surface area (Å²) in [5.41, 5.74) is -1.05. The van der Waals surface area contributed by atoms with Crippen molar-refractivity contribution in [2.45, 2.75) is 13.1 Å². The van der Waals surface area contributed by atoms with Crippen LogP contribution in [-0.4, -0.2) is 15.9 Å². The summed E-state index contributed by atoms with van der Waals surface area (Å²) in [6, 6.07) is 11.7. The van der Waals surface area contributed by atoms with E-state index >= 15 is 0 Å². The molecule has 144 valence electrons. The Morgan fingerprint density at radius 3 is 2.29 bits per heavy atom. The van der Waals surface area contributed by atoms with Crippen LogP contribution >= 0.6 is 0 Å². The fraction of sp³-hybridized carbons (Fsp3) is 0.105. The first-order valence-corrected chi connectivity index (χ1v) is 8.09. The number of para-hydroxylation sites is 2. The SMILES string of the molecule is Cc1cc(C(=O)Nc2ccccc2C(F)(F)F)nc(Nc2ccccc2F)n1. The van der Waals surface area contributed by atoms with Gasteiger partial charge in [0.25, 0.3) is 5.91 Å². The Morgan fingerprint density at radius 2 is 1.61 bits per heavy atom. The van der Waals surface area contributed by atoms with Crippen LogP contribution in [0.5, 0.6) is 0 Å². The van der Waals surface area contributed by atoms with Crippen molar-refractivity contribution in [1.82, 2.24) is 9.97 Å². The van der Waals surface area contributed by atoms with E-state index in [0.29, 0.717) is 5.69 Å². The lowest BCUT2D eigenvalue weighted by Gasteiger charge is -2.14. The highest BCUT2D eigenvalue weighted by atomic mass is 19.4. The number of aromatic nitrogens is 2. The van der Waals surface area contributed by atoms with Gasteiger partial charge in [0.1, 0.15) is 11.5 Å². The molecule has 28 heavy (non-hydrogen) atoms. The molecule has 0 aliphatic heterocycles. The summed E-state index contributed by atoms with van der Waals surface area (Å²) in [6.07, 6.45) is -4.62. The van der Waals surface area contributed by atoms with Crippen LogP contribution in [0.25, 0.3) is 0 Å². The van der Waals surface area contributed by atoms with Crippen molar-refractivity contribution in [2.75, 3.05) is 10.6 Å². The zero-order valence-corrected chi connectivity index (χ0v) is 14.5. The van der Waals surface area contributed by atoms with E-state index in [1.54, 1.807) is 13.0 Å². The summed E-state index contributed by atoms with van der Waals surface area (Å²) in [6.45, 7) is 1.58. The van der Waals surface area contributed by atoms with Crippen molar-refractivity contribution in [2.24, 2.45) is 0 Å². The number of nitrogens with one attached hydrogen (secondary N) is 2. The van der Waals surface area contributed by atoms with Gasteiger partial charge in [0, 0.05) is 5.69 Å². The van der Waals surface area contributed by atoms with Gasteiger partial charge >= 0.3 is 6.18 Å². The molecule has 1 heterocycles. The highest BCUT2D eigenvalue weighted by molar-refractivity contribution is 6.03. The maximum absolute atomic E-state index is 13.8. The summed E-state index contributed by atoms with van der Waals surface area (Å²) in [4.78, 5) is 20.5. The van der Waals surface area contributed by atoms with Gasteiger partial charge in [0.2, 0.25) is 5.95 Å². The molecular formula is C19H14F4N4O. The molecule has 0 spiro atoms. The topological polar surface area (TPSA) is 66.9 Å². The van der Waals surface area contributed by atoms with E-state index in [2.05, 4.69) is 20.6 Å². The minimum absolute atomic E-state index is 0.0562. The second-order valence-electron chi connectivity index (χ2n) is 5.82. The molecule has 3 aromatic rings. The lowest BCUT2D eigenvalue weighted by Crippen LogP contribution is -2.18. The van der Waals surface area contributed by atoms with Crippen LogP contribution in [0.2, 0.25) is 0 Å². The molecular weight excluding hydrogens is 376 g/mol. The van der Waals surface area contributed by atoms with Gasteiger partial charge in [0.15, 0.2) is 0 Å². The zero-order chi connectivity index (χ0) is 20.3. The second-order valence-corrected chi connectivity index (χ2v) is 5.82. The number of benzene rings is 2. The molecule has 0 aliphatic rings. The van der Waals surface area contributed by atoms with Gasteiger partial charge in [-0.3, -0.25) is 4.79 Å². The van der Waals surface area contributed by atoms with E-state index < -0.39 is 23.5 Å². The van der Waals surface area contributed by atoms with Gasteiger partial charge in [-0.15, -0.1) is 0 Å². The maximum atomic E-state index is 13.8. The van der Waals surface area contributed by atoms with Crippen molar-refractivity contribution < 1.29 is 22.4 Å². The number of carbonyl (C=O) groups excluding carboxylic acids is 1. The third kappa shape index (κ3) is 4.43. The Kier molecular flexibility index (Phi) is 5.25. The molecule has 0 atom stereocenters. The van der Waals surface area contributed by atoms with E-state index in [4.69, 9.17) is 0 Å². The van der Waals surface area contributed by atoms with Gasteiger partial charge in [-0.25, -0.2) is 14.4 Å². The van der Waals surface area contributed by atoms with Crippen LogP contribution in [0.15, 0.2) is 54.6 Å². The van der Waals surface area contributed by atoms with Crippen molar-refractivity contribution in [3.05, 3.63) is 77.4 Å². The van der Waals surface area contributed by atoms with Crippen LogP contribution in [0.1, 0.15) is 21.7 Å². The number of amides is 1. The number of hydrogen-bond donors (Lipinski definition) is 2. The zero-order valence-electron chi connectivity index (χ0n) is 14.5. The Hall–Kier alpha value is -3.49. The normalized spacial score (nSPS) is 11.2. The van der Waals surface area contributed by atoms with Gasteiger partial charge in [-0.2, -0.15) is 13.2 Å². The average Bonchev–Trinajstić information content (AvgIpc) is 2.63. The molecule has 1 aromatic heterocycles. The summed E-state index contributed by atoms with van der Waals surface area (Å²) in [5, 5.41) is 4.86. The number of rotatable bonds is 4. The van der Waals surface area contributed by atoms with E-state index in [-0.39, 0.29) is 23.0 Å². The van der Waals surface area contributed by atoms with Crippen molar-refractivity contribution in [3.63, 3.8) is 0 Å². The first-order valence-electron chi connectivity index (χ1n) is 8.09. The predicted octanol–water partition coefficient (Wildman–Crippen LogP) is 4.94. The lowest BCUT2D eigenvalue weighted by molar-refractivity contribution is -0.136. The number of alkyl halides is 3. The standard InChI is InChI=1S/C19H14F4N4O/c1-11-10-16(27-18(24-11)26-15-9-5-3-7-13(15)20)17(28)25-14-8-4-2-6-12(14)19(21,22)23/h2-10H,1H3,(H,25,28)(H,24,26,27). The maximum Gasteiger partial charge on any atom is 0.418 e. The van der Waals surface area contributed by atoms with Gasteiger partial charge in [-0.1, -0.05) is 24.3 Å². The first-order chi connectivity index (χ1) is 13.2. The number of carbonyl (C=O) groups is 1. The Bertz CT molecular complexity index is 1020. The monoisotopic (exact) mass is 390 g/mol. The van der Waals surface area contributed by atoms with E-state index in [1.165, 1.54) is 36.4 Å². The van der Waals surface area contributed by atoms with Crippen LogP contribution in [-0.2, 0) is 6.18 Å². The van der Waals surface area contributed by atoms with Crippen molar-refractivity contribution in [3.8, 4) is 0 Å². The van der Waals surface area contributed by atoms with Gasteiger partial charge in [0.05, 0.1) is 16.9 Å². The van der Waals surface area contributed by atoms with Gasteiger partial charge < -0.3 is 10.6 Å². The number of halogens is 4. The average molecular weight is 390 g/mol. The minimum atomic E-state index is -4.62. The van der Waals surface area contributed by atoms with E-state index in [9.17, 15) is 22.4 Å². The van der Waals surface area contributed by atoms with Crippen LogP contribution in [0.3, 0.4) is 0 Å². The largest absolute Gasteiger partial charge is 0.418 e. The molecule has 0 fully saturated rings. The Labute approximate surface area is 157 Å². The molecule has 9 heteroatoms. The van der Waals surface area contributed by atoms with Crippen molar-refractivity contribution >= 4 is 23.2 Å². The number of aryl methyl sites for hydroxylation is 1. The molecule has 0 bridgehead atoms. The molecule has 2 N–H and O–H groups in total. The summed E-state index contributed by atoms with van der Waals surface area (Å²) in [7, 11) is 0. The highest BCUT2D eigenvalue weighted by Gasteiger charge is 2.33. The molecule has 0 radical (unpaired) electrons. The smallest absolute Gasteiger partial charge is 0.322 e. The number of anilines is 3. The summed E-state index contributed by atoms with van der Waals surface area (Å²) >= 11 is 0. The molecule has 2 aromatic carbocycles. The highest BCUT2D eigenvalue weighted by Crippen LogP contribution is 2.34. The first kappa shape index (κ1) is 19.3. The Morgan fingerprint density at radius 1 is 0.964 bits per heavy atom. The molecule has 1 amide bonds. The second kappa shape index (κ2) is 7.63. The van der Waals surface area contributed by atoms with E-state index in [1.807, 2.05) is 0 Å². The lowest BCUT2D eigenvalue weighted by atomic mass is 10.1. The number of nitrogens with zero attached hydrogens (tertiary/aromatic N) is 2. The van der Waals surface area contributed by atoms with Crippen LogP contribution < -0.4 is 10.6 Å². The molecule has 0 saturated carbocycles. The molecule has 5 nitrogen and oxygen atoms in total. The fourth-order valence-electron chi connectivity index (χ4n) is 2.45. The molecule has 3 rings (SSSR count).